The van der Waals surface area contributed by atoms with Crippen LogP contribution in [0.4, 0.5) is 0 Å². The van der Waals surface area contributed by atoms with Crippen LogP contribution < -0.4 is 5.73 Å². The smallest absolute Gasteiger partial charge is 0.236 e. The Balaban J connectivity index is 2.09. The second-order valence-electron chi connectivity index (χ2n) is 5.14. The number of likely N-dealkylation sites (tertiary alicyclic amines) is 1. The van der Waals surface area contributed by atoms with Gasteiger partial charge in [-0.05, 0) is 31.9 Å². The molecule has 0 unspecified atom stereocenters. The molecule has 0 bridgehead atoms. The van der Waals surface area contributed by atoms with Gasteiger partial charge in [-0.3, -0.25) is 4.79 Å². The minimum Gasteiger partial charge on any atom is -0.342 e. The molecule has 0 saturated carbocycles. The number of hydrogen-bond acceptors (Lipinski definition) is 4. The van der Waals surface area contributed by atoms with Crippen LogP contribution in [0.3, 0.4) is 0 Å². The summed E-state index contributed by atoms with van der Waals surface area (Å²) >= 11 is 0. The van der Waals surface area contributed by atoms with Crippen molar-refractivity contribution in [2.45, 2.75) is 29.9 Å². The quantitative estimate of drug-likeness (QED) is 0.891. The molecule has 1 aliphatic rings. The van der Waals surface area contributed by atoms with E-state index in [9.17, 15) is 13.2 Å². The number of aryl methyl sites for hydroxylation is 1. The van der Waals surface area contributed by atoms with Gasteiger partial charge >= 0.3 is 0 Å². The Morgan fingerprint density at radius 2 is 1.80 bits per heavy atom. The third-order valence-corrected chi connectivity index (χ3v) is 6.04. The van der Waals surface area contributed by atoms with Gasteiger partial charge in [-0.2, -0.15) is 0 Å². The number of nitrogens with zero attached hydrogens (tertiary/aromatic N) is 1. The Bertz CT molecular complexity index is 573. The van der Waals surface area contributed by atoms with E-state index in [0.29, 0.717) is 30.8 Å². The van der Waals surface area contributed by atoms with Gasteiger partial charge in [0.1, 0.15) is 0 Å². The van der Waals surface area contributed by atoms with Crippen molar-refractivity contribution in [3.63, 3.8) is 0 Å². The summed E-state index contributed by atoms with van der Waals surface area (Å²) in [4.78, 5) is 13.5. The second kappa shape index (κ2) is 5.93. The highest BCUT2D eigenvalue weighted by Gasteiger charge is 2.32. The van der Waals surface area contributed by atoms with Gasteiger partial charge < -0.3 is 10.6 Å². The normalized spacial score (nSPS) is 17.2. The minimum atomic E-state index is -3.30. The van der Waals surface area contributed by atoms with E-state index in [-0.39, 0.29) is 12.5 Å². The molecule has 1 aromatic carbocycles. The van der Waals surface area contributed by atoms with Crippen molar-refractivity contribution in [2.24, 2.45) is 5.73 Å². The summed E-state index contributed by atoms with van der Waals surface area (Å²) in [6.45, 7) is 2.83. The van der Waals surface area contributed by atoms with Crippen molar-refractivity contribution < 1.29 is 13.2 Å². The fraction of sp³-hybridized carbons (Fsp3) is 0.500. The molecule has 1 amide bonds. The van der Waals surface area contributed by atoms with Crippen molar-refractivity contribution in [1.82, 2.24) is 4.90 Å². The summed E-state index contributed by atoms with van der Waals surface area (Å²) in [5.74, 6) is -0.115. The van der Waals surface area contributed by atoms with E-state index in [1.54, 1.807) is 29.2 Å². The maximum Gasteiger partial charge on any atom is 0.236 e. The first-order chi connectivity index (χ1) is 9.45. The molecular weight excluding hydrogens is 276 g/mol. The van der Waals surface area contributed by atoms with Crippen molar-refractivity contribution in [2.75, 3.05) is 19.6 Å². The van der Waals surface area contributed by atoms with Crippen molar-refractivity contribution >= 4 is 15.7 Å². The molecular formula is C14H20N2O3S. The minimum absolute atomic E-state index is 0.0185. The molecule has 5 nitrogen and oxygen atoms in total. The Labute approximate surface area is 119 Å². The van der Waals surface area contributed by atoms with Gasteiger partial charge in [-0.1, -0.05) is 17.7 Å². The number of hydrogen-bond donors (Lipinski definition) is 1. The lowest BCUT2D eigenvalue weighted by Crippen LogP contribution is -2.44. The predicted octanol–water partition coefficient (Wildman–Crippen LogP) is 0.718. The molecule has 1 fully saturated rings. The summed E-state index contributed by atoms with van der Waals surface area (Å²) in [5.41, 5.74) is 6.35. The van der Waals surface area contributed by atoms with E-state index in [0.717, 1.165) is 5.56 Å². The number of nitrogens with two attached hydrogens (primary N) is 1. The molecule has 6 heteroatoms. The van der Waals surface area contributed by atoms with Crippen LogP contribution in [0.5, 0.6) is 0 Å². The fourth-order valence-corrected chi connectivity index (χ4v) is 4.20. The first-order valence-corrected chi connectivity index (χ1v) is 8.28. The number of carbonyl (C=O) groups is 1. The number of benzene rings is 1. The Morgan fingerprint density at radius 3 is 2.30 bits per heavy atom. The van der Waals surface area contributed by atoms with E-state index in [2.05, 4.69) is 0 Å². The van der Waals surface area contributed by atoms with E-state index >= 15 is 0 Å². The molecule has 1 aliphatic heterocycles. The van der Waals surface area contributed by atoms with Crippen LogP contribution in [0.15, 0.2) is 29.2 Å². The van der Waals surface area contributed by atoms with E-state index in [1.807, 2.05) is 6.92 Å². The molecule has 1 heterocycles. The van der Waals surface area contributed by atoms with Crippen LogP contribution in [0, 0.1) is 6.92 Å². The van der Waals surface area contributed by atoms with Crippen molar-refractivity contribution in [3.8, 4) is 0 Å². The van der Waals surface area contributed by atoms with Crippen molar-refractivity contribution in [1.29, 1.82) is 0 Å². The highest BCUT2D eigenvalue weighted by atomic mass is 32.2. The average molecular weight is 296 g/mol. The molecule has 0 atom stereocenters. The first-order valence-electron chi connectivity index (χ1n) is 6.73. The number of sulfone groups is 1. The van der Waals surface area contributed by atoms with Gasteiger partial charge in [0.05, 0.1) is 16.7 Å². The SMILES string of the molecule is Cc1ccc(S(=O)(=O)C2CCN(C(=O)CN)CC2)cc1. The fourth-order valence-electron chi connectivity index (χ4n) is 2.46. The zero-order chi connectivity index (χ0) is 14.8. The van der Waals surface area contributed by atoms with Crippen LogP contribution in [0.25, 0.3) is 0 Å². The van der Waals surface area contributed by atoms with Crippen molar-refractivity contribution in [3.05, 3.63) is 29.8 Å². The first kappa shape index (κ1) is 15.0. The monoisotopic (exact) mass is 296 g/mol. The molecule has 0 spiro atoms. The molecule has 2 rings (SSSR count). The molecule has 110 valence electrons. The summed E-state index contributed by atoms with van der Waals surface area (Å²) < 4.78 is 25.0. The summed E-state index contributed by atoms with van der Waals surface area (Å²) in [5, 5.41) is -0.410. The largest absolute Gasteiger partial charge is 0.342 e. The third kappa shape index (κ3) is 3.02. The standard InChI is InChI=1S/C14H20N2O3S/c1-11-2-4-12(5-3-11)20(18,19)13-6-8-16(9-7-13)14(17)10-15/h2-5,13H,6-10,15H2,1H3. The van der Waals surface area contributed by atoms with Crippen LogP contribution >= 0.6 is 0 Å². The average Bonchev–Trinajstić information content (AvgIpc) is 2.47. The van der Waals surface area contributed by atoms with E-state index in [1.165, 1.54) is 0 Å². The van der Waals surface area contributed by atoms with Gasteiger partial charge in [-0.15, -0.1) is 0 Å². The summed E-state index contributed by atoms with van der Waals surface area (Å²) in [7, 11) is -3.30. The Hall–Kier alpha value is -1.40. The zero-order valence-electron chi connectivity index (χ0n) is 11.6. The molecule has 0 radical (unpaired) electrons. The lowest BCUT2D eigenvalue weighted by atomic mass is 10.1. The Morgan fingerprint density at radius 1 is 1.25 bits per heavy atom. The predicted molar refractivity (Wildman–Crippen MR) is 77.0 cm³/mol. The van der Waals surface area contributed by atoms with Gasteiger partial charge in [0.2, 0.25) is 5.91 Å². The third-order valence-electron chi connectivity index (χ3n) is 3.76. The van der Waals surface area contributed by atoms with Crippen LogP contribution in [0.2, 0.25) is 0 Å². The van der Waals surface area contributed by atoms with Gasteiger partial charge in [0.25, 0.3) is 0 Å². The van der Waals surface area contributed by atoms with Crippen LogP contribution in [0.1, 0.15) is 18.4 Å². The number of amides is 1. The molecule has 2 N–H and O–H groups in total. The maximum absolute atomic E-state index is 12.5. The van der Waals surface area contributed by atoms with Gasteiger partial charge in [0.15, 0.2) is 9.84 Å². The highest BCUT2D eigenvalue weighted by Crippen LogP contribution is 2.24. The molecule has 0 aliphatic carbocycles. The maximum atomic E-state index is 12.5. The molecule has 1 aromatic rings. The Kier molecular flexibility index (Phi) is 4.45. The second-order valence-corrected chi connectivity index (χ2v) is 7.37. The number of rotatable bonds is 3. The lowest BCUT2D eigenvalue weighted by Gasteiger charge is -2.31. The topological polar surface area (TPSA) is 80.5 Å². The van der Waals surface area contributed by atoms with Crippen LogP contribution in [-0.2, 0) is 14.6 Å². The summed E-state index contributed by atoms with van der Waals surface area (Å²) in [6, 6.07) is 6.92. The molecule has 20 heavy (non-hydrogen) atoms. The molecule has 1 saturated heterocycles. The van der Waals surface area contributed by atoms with Crippen LogP contribution in [-0.4, -0.2) is 44.1 Å². The number of piperidine rings is 1. The summed E-state index contributed by atoms with van der Waals surface area (Å²) in [6.07, 6.45) is 0.948. The van der Waals surface area contributed by atoms with Gasteiger partial charge in [-0.25, -0.2) is 8.42 Å². The van der Waals surface area contributed by atoms with Gasteiger partial charge in [0, 0.05) is 13.1 Å². The molecule has 0 aromatic heterocycles. The lowest BCUT2D eigenvalue weighted by molar-refractivity contribution is -0.130. The van der Waals surface area contributed by atoms with E-state index < -0.39 is 15.1 Å². The zero-order valence-corrected chi connectivity index (χ0v) is 12.4. The van der Waals surface area contributed by atoms with E-state index in [4.69, 9.17) is 5.73 Å². The highest BCUT2D eigenvalue weighted by molar-refractivity contribution is 7.92. The number of carbonyl (C=O) groups excluding carboxylic acids is 1.